The Morgan fingerprint density at radius 1 is 1.00 bits per heavy atom. The molecule has 0 aliphatic heterocycles. The van der Waals surface area contributed by atoms with Crippen molar-refractivity contribution in [2.75, 3.05) is 10.6 Å². The number of aromatic hydroxyl groups is 1. The van der Waals surface area contributed by atoms with E-state index in [1.54, 1.807) is 64.1 Å². The quantitative estimate of drug-likeness (QED) is 0.726. The number of carbonyl (C=O) groups excluding carboxylic acids is 2. The van der Waals surface area contributed by atoms with E-state index >= 15 is 0 Å². The van der Waals surface area contributed by atoms with Crippen LogP contribution >= 0.6 is 0 Å². The van der Waals surface area contributed by atoms with Crippen molar-refractivity contribution in [2.45, 2.75) is 33.3 Å². The van der Waals surface area contributed by atoms with Crippen molar-refractivity contribution in [3.8, 4) is 5.75 Å². The van der Waals surface area contributed by atoms with Crippen molar-refractivity contribution in [1.82, 2.24) is 0 Å². The van der Waals surface area contributed by atoms with Gasteiger partial charge in [-0.1, -0.05) is 12.1 Å². The monoisotopic (exact) mass is 342 g/mol. The zero-order valence-corrected chi connectivity index (χ0v) is 14.7. The molecule has 25 heavy (non-hydrogen) atoms. The highest BCUT2D eigenvalue weighted by molar-refractivity contribution is 6.05. The zero-order chi connectivity index (χ0) is 18.6. The fourth-order valence-electron chi connectivity index (χ4n) is 2.13. The molecule has 2 aromatic rings. The van der Waals surface area contributed by atoms with Gasteiger partial charge in [-0.25, -0.2) is 4.79 Å². The molecule has 0 heterocycles. The molecule has 6 heteroatoms. The Morgan fingerprint density at radius 2 is 1.64 bits per heavy atom. The molecule has 0 aliphatic carbocycles. The average Bonchev–Trinajstić information content (AvgIpc) is 2.49. The number of amides is 2. The van der Waals surface area contributed by atoms with Crippen molar-refractivity contribution in [3.63, 3.8) is 0 Å². The highest BCUT2D eigenvalue weighted by atomic mass is 16.6. The van der Waals surface area contributed by atoms with Gasteiger partial charge in [0.1, 0.15) is 11.4 Å². The van der Waals surface area contributed by atoms with Crippen LogP contribution < -0.4 is 10.6 Å². The number of rotatable bonds is 3. The summed E-state index contributed by atoms with van der Waals surface area (Å²) in [6, 6.07) is 11.4. The third kappa shape index (κ3) is 5.24. The molecule has 2 aromatic carbocycles. The third-order valence-electron chi connectivity index (χ3n) is 3.28. The number of anilines is 2. The molecule has 2 amide bonds. The Morgan fingerprint density at radius 3 is 2.20 bits per heavy atom. The SMILES string of the molecule is Cc1cccc(O)c1NC(=O)c1ccc(NC(=O)OC(C)(C)C)cc1. The minimum absolute atomic E-state index is 0.0107. The molecule has 0 fully saturated rings. The van der Waals surface area contributed by atoms with Gasteiger partial charge in [-0.2, -0.15) is 0 Å². The number of phenols is 1. The van der Waals surface area contributed by atoms with Crippen molar-refractivity contribution in [2.24, 2.45) is 0 Å². The second-order valence-electron chi connectivity index (χ2n) is 6.63. The minimum Gasteiger partial charge on any atom is -0.506 e. The number of aryl methyl sites for hydroxylation is 1. The maximum Gasteiger partial charge on any atom is 0.412 e. The molecule has 0 spiro atoms. The minimum atomic E-state index is -0.584. The summed E-state index contributed by atoms with van der Waals surface area (Å²) >= 11 is 0. The predicted molar refractivity (Wildman–Crippen MR) is 97.1 cm³/mol. The topological polar surface area (TPSA) is 87.7 Å². The van der Waals surface area contributed by atoms with Crippen LogP contribution in [0.15, 0.2) is 42.5 Å². The summed E-state index contributed by atoms with van der Waals surface area (Å²) in [5.74, 6) is -0.343. The first kappa shape index (κ1) is 18.3. The summed E-state index contributed by atoms with van der Waals surface area (Å²) < 4.78 is 5.17. The Labute approximate surface area is 146 Å². The standard InChI is InChI=1S/C19H22N2O4/c1-12-6-5-7-15(22)16(12)21-17(23)13-8-10-14(11-9-13)20-18(24)25-19(2,3)4/h5-11,22H,1-4H3,(H,20,24)(H,21,23). The molecule has 0 saturated carbocycles. The lowest BCUT2D eigenvalue weighted by Crippen LogP contribution is -2.27. The largest absolute Gasteiger partial charge is 0.506 e. The summed E-state index contributed by atoms with van der Waals surface area (Å²) in [5, 5.41) is 15.1. The number of hydrogen-bond donors (Lipinski definition) is 3. The van der Waals surface area contributed by atoms with E-state index in [0.29, 0.717) is 16.9 Å². The highest BCUT2D eigenvalue weighted by Crippen LogP contribution is 2.27. The summed E-state index contributed by atoms with van der Waals surface area (Å²) in [6.45, 7) is 7.13. The van der Waals surface area contributed by atoms with Crippen LogP contribution in [0.3, 0.4) is 0 Å². The Hall–Kier alpha value is -3.02. The molecule has 0 aromatic heterocycles. The number of ether oxygens (including phenoxy) is 1. The fourth-order valence-corrected chi connectivity index (χ4v) is 2.13. The lowest BCUT2D eigenvalue weighted by Gasteiger charge is -2.19. The summed E-state index contributed by atoms with van der Waals surface area (Å²) in [7, 11) is 0. The van der Waals surface area contributed by atoms with E-state index < -0.39 is 11.7 Å². The Bertz CT molecular complexity index is 757. The first-order valence-corrected chi connectivity index (χ1v) is 7.86. The number of nitrogens with one attached hydrogen (secondary N) is 2. The molecule has 0 aliphatic rings. The van der Waals surface area contributed by atoms with Crippen LogP contribution in [-0.4, -0.2) is 22.7 Å². The van der Waals surface area contributed by atoms with E-state index in [-0.39, 0.29) is 11.7 Å². The maximum atomic E-state index is 12.3. The molecule has 3 N–H and O–H groups in total. The van der Waals surface area contributed by atoms with Crippen LogP contribution in [0.2, 0.25) is 0 Å². The van der Waals surface area contributed by atoms with Gasteiger partial charge >= 0.3 is 6.09 Å². The lowest BCUT2D eigenvalue weighted by atomic mass is 10.1. The fraction of sp³-hybridized carbons (Fsp3) is 0.263. The molecule has 0 unspecified atom stereocenters. The van der Waals surface area contributed by atoms with Crippen molar-refractivity contribution < 1.29 is 19.4 Å². The van der Waals surface area contributed by atoms with Crippen LogP contribution in [0.4, 0.5) is 16.2 Å². The van der Waals surface area contributed by atoms with Crippen LogP contribution in [-0.2, 0) is 4.74 Å². The Balaban J connectivity index is 2.04. The number of para-hydroxylation sites is 1. The van der Waals surface area contributed by atoms with E-state index in [1.807, 2.05) is 0 Å². The van der Waals surface area contributed by atoms with Gasteiger partial charge in [-0.05, 0) is 63.6 Å². The molecule has 6 nitrogen and oxygen atoms in total. The highest BCUT2D eigenvalue weighted by Gasteiger charge is 2.16. The van der Waals surface area contributed by atoms with Gasteiger partial charge in [0, 0.05) is 11.3 Å². The first-order valence-electron chi connectivity index (χ1n) is 7.86. The maximum absolute atomic E-state index is 12.3. The van der Waals surface area contributed by atoms with Gasteiger partial charge in [-0.3, -0.25) is 10.1 Å². The summed E-state index contributed by atoms with van der Waals surface area (Å²) in [5.41, 5.74) is 1.47. The Kier molecular flexibility index (Phi) is 5.32. The number of phenolic OH excluding ortho intramolecular Hbond substituents is 1. The normalized spacial score (nSPS) is 10.9. The molecule has 132 valence electrons. The average molecular weight is 342 g/mol. The van der Waals surface area contributed by atoms with Crippen LogP contribution in [0.25, 0.3) is 0 Å². The van der Waals surface area contributed by atoms with Crippen LogP contribution in [0.5, 0.6) is 5.75 Å². The van der Waals surface area contributed by atoms with Gasteiger partial charge in [0.05, 0.1) is 5.69 Å². The number of hydrogen-bond acceptors (Lipinski definition) is 4. The van der Waals surface area contributed by atoms with Crippen LogP contribution in [0, 0.1) is 6.92 Å². The predicted octanol–water partition coefficient (Wildman–Crippen LogP) is 4.30. The molecule has 0 radical (unpaired) electrons. The summed E-state index contributed by atoms with van der Waals surface area (Å²) in [4.78, 5) is 24.0. The van der Waals surface area contributed by atoms with Crippen molar-refractivity contribution in [1.29, 1.82) is 0 Å². The second kappa shape index (κ2) is 7.25. The van der Waals surface area contributed by atoms with Gasteiger partial charge in [-0.15, -0.1) is 0 Å². The molecular formula is C19H22N2O4. The van der Waals surface area contributed by atoms with E-state index in [4.69, 9.17) is 4.74 Å². The van der Waals surface area contributed by atoms with E-state index in [0.717, 1.165) is 5.56 Å². The van der Waals surface area contributed by atoms with Gasteiger partial charge < -0.3 is 15.2 Å². The van der Waals surface area contributed by atoms with Crippen molar-refractivity contribution in [3.05, 3.63) is 53.6 Å². The van der Waals surface area contributed by atoms with E-state index in [9.17, 15) is 14.7 Å². The number of benzene rings is 2. The van der Waals surface area contributed by atoms with Gasteiger partial charge in [0.25, 0.3) is 5.91 Å². The van der Waals surface area contributed by atoms with E-state index in [2.05, 4.69) is 10.6 Å². The first-order chi connectivity index (χ1) is 11.7. The van der Waals surface area contributed by atoms with Gasteiger partial charge in [0.2, 0.25) is 0 Å². The molecular weight excluding hydrogens is 320 g/mol. The second-order valence-corrected chi connectivity index (χ2v) is 6.63. The number of carbonyl (C=O) groups is 2. The van der Waals surface area contributed by atoms with E-state index in [1.165, 1.54) is 6.07 Å². The molecule has 0 atom stereocenters. The smallest absolute Gasteiger partial charge is 0.412 e. The lowest BCUT2D eigenvalue weighted by molar-refractivity contribution is 0.0636. The molecule has 0 bridgehead atoms. The molecule has 2 rings (SSSR count). The van der Waals surface area contributed by atoms with Crippen LogP contribution in [0.1, 0.15) is 36.7 Å². The third-order valence-corrected chi connectivity index (χ3v) is 3.28. The molecule has 0 saturated heterocycles. The summed E-state index contributed by atoms with van der Waals surface area (Å²) in [6.07, 6.45) is -0.561. The van der Waals surface area contributed by atoms with Gasteiger partial charge in [0.15, 0.2) is 0 Å². The van der Waals surface area contributed by atoms with Crippen molar-refractivity contribution >= 4 is 23.4 Å². The zero-order valence-electron chi connectivity index (χ0n) is 14.7.